The minimum atomic E-state index is -0.509. The first kappa shape index (κ1) is 9.40. The summed E-state index contributed by atoms with van der Waals surface area (Å²) in [6, 6.07) is 0. The van der Waals surface area contributed by atoms with Gasteiger partial charge in [0.1, 0.15) is 0 Å². The van der Waals surface area contributed by atoms with Crippen molar-refractivity contribution in [2.75, 3.05) is 32.7 Å². The smallest absolute Gasteiger partial charge is 0.0798 e. The summed E-state index contributed by atoms with van der Waals surface area (Å²) < 4.78 is 0. The molecule has 3 N–H and O–H groups in total. The van der Waals surface area contributed by atoms with Crippen LogP contribution in [0.2, 0.25) is 0 Å². The number of piperidine rings is 1. The van der Waals surface area contributed by atoms with Gasteiger partial charge in [-0.15, -0.1) is 0 Å². The van der Waals surface area contributed by atoms with E-state index < -0.39 is 5.60 Å². The van der Waals surface area contributed by atoms with Crippen LogP contribution in [0.25, 0.3) is 0 Å². The van der Waals surface area contributed by atoms with E-state index in [1.54, 1.807) is 0 Å². The molecule has 4 heteroatoms. The molecule has 0 aliphatic carbocycles. The van der Waals surface area contributed by atoms with Gasteiger partial charge in [-0.3, -0.25) is 4.90 Å². The van der Waals surface area contributed by atoms with Crippen molar-refractivity contribution in [3.63, 3.8) is 0 Å². The molecule has 0 amide bonds. The number of hydrogen-bond donors (Lipinski definition) is 3. The lowest BCUT2D eigenvalue weighted by Crippen LogP contribution is -2.58. The molecule has 2 aliphatic heterocycles. The van der Waals surface area contributed by atoms with Gasteiger partial charge in [0.25, 0.3) is 0 Å². The molecule has 0 aromatic carbocycles. The molecule has 13 heavy (non-hydrogen) atoms. The van der Waals surface area contributed by atoms with Crippen LogP contribution in [0.3, 0.4) is 0 Å². The average Bonchev–Trinajstić information content (AvgIpc) is 2.02. The number of β-amino-alcohol motifs (C(OH)–C–C–N with tert-alkyl or cyclic N) is 2. The molecule has 76 valence electrons. The fourth-order valence-electron chi connectivity index (χ4n) is 2.14. The van der Waals surface area contributed by atoms with Crippen LogP contribution in [0.5, 0.6) is 0 Å². The van der Waals surface area contributed by atoms with Gasteiger partial charge in [-0.05, 0) is 25.9 Å². The number of aliphatic hydroxyl groups excluding tert-OH is 1. The van der Waals surface area contributed by atoms with Crippen LogP contribution >= 0.6 is 0 Å². The van der Waals surface area contributed by atoms with Crippen LogP contribution in [-0.4, -0.2) is 59.5 Å². The fourth-order valence-corrected chi connectivity index (χ4v) is 2.14. The van der Waals surface area contributed by atoms with Crippen molar-refractivity contribution in [3.05, 3.63) is 0 Å². The van der Waals surface area contributed by atoms with Gasteiger partial charge in [0.2, 0.25) is 0 Å². The minimum absolute atomic E-state index is 0.162. The van der Waals surface area contributed by atoms with Crippen LogP contribution in [0.4, 0.5) is 0 Å². The zero-order valence-electron chi connectivity index (χ0n) is 7.87. The number of nitrogens with one attached hydrogen (secondary N) is 1. The van der Waals surface area contributed by atoms with Crippen molar-refractivity contribution in [2.45, 2.75) is 24.5 Å². The van der Waals surface area contributed by atoms with Crippen LogP contribution in [0.1, 0.15) is 12.8 Å². The summed E-state index contributed by atoms with van der Waals surface area (Å²) in [5.41, 5.74) is -0.509. The van der Waals surface area contributed by atoms with Gasteiger partial charge in [-0.25, -0.2) is 0 Å². The van der Waals surface area contributed by atoms with Gasteiger partial charge in [-0.1, -0.05) is 0 Å². The molecule has 0 spiro atoms. The van der Waals surface area contributed by atoms with Crippen molar-refractivity contribution in [1.82, 2.24) is 10.2 Å². The normalized spacial score (nSPS) is 30.0. The molecule has 0 aromatic rings. The van der Waals surface area contributed by atoms with E-state index in [-0.39, 0.29) is 6.10 Å². The zero-order chi connectivity index (χ0) is 9.31. The van der Waals surface area contributed by atoms with E-state index in [9.17, 15) is 5.11 Å². The molecule has 2 saturated heterocycles. The third kappa shape index (κ3) is 2.20. The van der Waals surface area contributed by atoms with Crippen LogP contribution in [-0.2, 0) is 0 Å². The monoisotopic (exact) mass is 186 g/mol. The van der Waals surface area contributed by atoms with E-state index >= 15 is 0 Å². The number of nitrogens with zero attached hydrogens (tertiary/aromatic N) is 1. The van der Waals surface area contributed by atoms with Gasteiger partial charge in [-0.2, -0.15) is 0 Å². The standard InChI is InChI=1S/C9H18N2O2/c12-8-5-11(6-8)7-9(13)1-3-10-4-2-9/h8,10,12-13H,1-7H2. The van der Waals surface area contributed by atoms with E-state index in [1.807, 2.05) is 0 Å². The predicted octanol–water partition coefficient (Wildman–Crippen LogP) is -1.22. The summed E-state index contributed by atoms with van der Waals surface area (Å²) >= 11 is 0. The number of hydrogen-bond acceptors (Lipinski definition) is 4. The Labute approximate surface area is 78.5 Å². The summed E-state index contributed by atoms with van der Waals surface area (Å²) in [4.78, 5) is 2.12. The van der Waals surface area contributed by atoms with Gasteiger partial charge >= 0.3 is 0 Å². The lowest BCUT2D eigenvalue weighted by atomic mass is 9.90. The highest BCUT2D eigenvalue weighted by Gasteiger charge is 2.35. The molecule has 0 saturated carbocycles. The van der Waals surface area contributed by atoms with Crippen molar-refractivity contribution >= 4 is 0 Å². The summed E-state index contributed by atoms with van der Waals surface area (Å²) in [6.07, 6.45) is 1.50. The van der Waals surface area contributed by atoms with E-state index in [1.165, 1.54) is 0 Å². The molecule has 2 aliphatic rings. The molecule has 2 fully saturated rings. The zero-order valence-corrected chi connectivity index (χ0v) is 7.87. The first-order valence-electron chi connectivity index (χ1n) is 5.01. The summed E-state index contributed by atoms with van der Waals surface area (Å²) in [5, 5.41) is 22.5. The Morgan fingerprint density at radius 2 is 1.92 bits per heavy atom. The molecule has 0 aromatic heterocycles. The lowest BCUT2D eigenvalue weighted by Gasteiger charge is -2.43. The van der Waals surface area contributed by atoms with Crippen molar-refractivity contribution in [3.8, 4) is 0 Å². The minimum Gasteiger partial charge on any atom is -0.390 e. The van der Waals surface area contributed by atoms with Crippen molar-refractivity contribution < 1.29 is 10.2 Å². The molecule has 0 radical (unpaired) electrons. The second-order valence-electron chi connectivity index (χ2n) is 4.32. The number of rotatable bonds is 2. The van der Waals surface area contributed by atoms with Gasteiger partial charge < -0.3 is 15.5 Å². The molecule has 0 bridgehead atoms. The molecule has 0 unspecified atom stereocenters. The Kier molecular flexibility index (Phi) is 2.55. The fraction of sp³-hybridized carbons (Fsp3) is 1.00. The topological polar surface area (TPSA) is 55.7 Å². The number of likely N-dealkylation sites (tertiary alicyclic amines) is 1. The Morgan fingerprint density at radius 1 is 1.31 bits per heavy atom. The maximum atomic E-state index is 10.1. The Morgan fingerprint density at radius 3 is 2.46 bits per heavy atom. The molecule has 4 nitrogen and oxygen atoms in total. The molecule has 2 heterocycles. The highest BCUT2D eigenvalue weighted by molar-refractivity contribution is 4.91. The van der Waals surface area contributed by atoms with Crippen LogP contribution in [0, 0.1) is 0 Å². The highest BCUT2D eigenvalue weighted by Crippen LogP contribution is 2.21. The summed E-state index contributed by atoms with van der Waals surface area (Å²) in [5.74, 6) is 0. The van der Waals surface area contributed by atoms with E-state index in [2.05, 4.69) is 10.2 Å². The quantitative estimate of drug-likeness (QED) is 0.506. The van der Waals surface area contributed by atoms with Crippen molar-refractivity contribution in [2.24, 2.45) is 0 Å². The lowest BCUT2D eigenvalue weighted by molar-refractivity contribution is -0.0721. The maximum Gasteiger partial charge on any atom is 0.0798 e. The SMILES string of the molecule is OC1CN(CC2(O)CCNCC2)C1. The van der Waals surface area contributed by atoms with E-state index in [0.29, 0.717) is 0 Å². The van der Waals surface area contributed by atoms with Gasteiger partial charge in [0, 0.05) is 19.6 Å². The average molecular weight is 186 g/mol. The summed E-state index contributed by atoms with van der Waals surface area (Å²) in [6.45, 7) is 4.01. The Balaban J connectivity index is 1.78. The molecule has 0 atom stereocenters. The molecule has 2 rings (SSSR count). The van der Waals surface area contributed by atoms with Crippen LogP contribution in [0.15, 0.2) is 0 Å². The first-order valence-corrected chi connectivity index (χ1v) is 5.01. The van der Waals surface area contributed by atoms with Crippen LogP contribution < -0.4 is 5.32 Å². The maximum absolute atomic E-state index is 10.1. The van der Waals surface area contributed by atoms with E-state index in [4.69, 9.17) is 5.11 Å². The Bertz CT molecular complexity index is 174. The third-order valence-corrected chi connectivity index (χ3v) is 2.99. The number of aliphatic hydroxyl groups is 2. The first-order chi connectivity index (χ1) is 6.18. The molecular formula is C9H18N2O2. The predicted molar refractivity (Wildman–Crippen MR) is 49.5 cm³/mol. The van der Waals surface area contributed by atoms with Crippen molar-refractivity contribution in [1.29, 1.82) is 0 Å². The Hall–Kier alpha value is -0.160. The third-order valence-electron chi connectivity index (χ3n) is 2.99. The van der Waals surface area contributed by atoms with E-state index in [0.717, 1.165) is 45.6 Å². The molecular weight excluding hydrogens is 168 g/mol. The summed E-state index contributed by atoms with van der Waals surface area (Å²) in [7, 11) is 0. The second-order valence-corrected chi connectivity index (χ2v) is 4.32. The second kappa shape index (κ2) is 3.53. The largest absolute Gasteiger partial charge is 0.390 e. The van der Waals surface area contributed by atoms with Gasteiger partial charge in [0.05, 0.1) is 11.7 Å². The van der Waals surface area contributed by atoms with Gasteiger partial charge in [0.15, 0.2) is 0 Å². The highest BCUT2D eigenvalue weighted by atomic mass is 16.3.